The lowest BCUT2D eigenvalue weighted by Gasteiger charge is -2.29. The second-order valence-electron chi connectivity index (χ2n) is 13.3. The Kier molecular flexibility index (Phi) is 16.6. The van der Waals surface area contributed by atoms with E-state index in [-0.39, 0.29) is 35.6 Å². The average Bonchev–Trinajstić information content (AvgIpc) is 3.46. The zero-order valence-corrected chi connectivity index (χ0v) is 29.6. The second-order valence-corrected chi connectivity index (χ2v) is 13.3. The standard InChI is InChI=1S/C20H31NO.C19H28N2O3/c1-4-9-17(3)15-20(21-16-22)19(10-5-2)14-13-18-11-7-6-8-12-18;1-11(2)16(19(24)21-8-6-7-14(21)5)20-18(23)15-9-12(3)17(22)13(4)10-15/h6-9,11-12,16,19-20H,4-5,10,13-15H2,1-3H3,(H,21,22);9-11,14,16,22H,6-8H2,1-5H3,(H,20,23)/b17-9-;. The maximum Gasteiger partial charge on any atom is 0.251 e. The minimum atomic E-state index is -0.535. The van der Waals surface area contributed by atoms with Gasteiger partial charge in [-0.2, -0.15) is 0 Å². The number of carbonyl (C=O) groups is 3. The van der Waals surface area contributed by atoms with Crippen molar-refractivity contribution < 1.29 is 19.5 Å². The van der Waals surface area contributed by atoms with Crippen molar-refractivity contribution >= 4 is 18.2 Å². The van der Waals surface area contributed by atoms with Crippen molar-refractivity contribution in [3.05, 3.63) is 76.4 Å². The third-order valence-electron chi connectivity index (χ3n) is 9.06. The highest BCUT2D eigenvalue weighted by Crippen LogP contribution is 2.25. The normalized spacial score (nSPS) is 16.7. The van der Waals surface area contributed by atoms with E-state index < -0.39 is 6.04 Å². The van der Waals surface area contributed by atoms with E-state index in [1.807, 2.05) is 18.7 Å². The van der Waals surface area contributed by atoms with Gasteiger partial charge in [-0.3, -0.25) is 14.4 Å². The molecule has 2 aromatic rings. The van der Waals surface area contributed by atoms with Crippen LogP contribution in [-0.4, -0.2) is 52.9 Å². The zero-order chi connectivity index (χ0) is 34.2. The van der Waals surface area contributed by atoms with Crippen LogP contribution in [-0.2, 0) is 16.0 Å². The Bertz CT molecular complexity index is 1250. The van der Waals surface area contributed by atoms with Crippen molar-refractivity contribution in [1.29, 1.82) is 0 Å². The van der Waals surface area contributed by atoms with Gasteiger partial charge >= 0.3 is 0 Å². The molecule has 7 heteroatoms. The SMILES string of the molecule is CC/C=C(/C)CC(NC=O)C(CCC)CCc1ccccc1.Cc1cc(C(=O)NC(C(=O)N2CCCC2C)C(C)C)cc(C)c1O. The minimum absolute atomic E-state index is 0.00410. The molecular weight excluding hydrogens is 574 g/mol. The van der Waals surface area contributed by atoms with E-state index in [9.17, 15) is 19.5 Å². The lowest BCUT2D eigenvalue weighted by atomic mass is 9.85. The van der Waals surface area contributed by atoms with Gasteiger partial charge in [0, 0.05) is 24.2 Å². The number of benzene rings is 2. The zero-order valence-electron chi connectivity index (χ0n) is 29.6. The van der Waals surface area contributed by atoms with E-state index in [0.717, 1.165) is 64.3 Å². The lowest BCUT2D eigenvalue weighted by molar-refractivity contribution is -0.134. The molecule has 2 aromatic carbocycles. The number of amides is 3. The van der Waals surface area contributed by atoms with E-state index >= 15 is 0 Å². The van der Waals surface area contributed by atoms with Crippen LogP contribution in [0.1, 0.15) is 114 Å². The van der Waals surface area contributed by atoms with Crippen molar-refractivity contribution in [1.82, 2.24) is 15.5 Å². The molecule has 3 N–H and O–H groups in total. The van der Waals surface area contributed by atoms with E-state index in [1.165, 1.54) is 11.1 Å². The molecule has 0 bridgehead atoms. The van der Waals surface area contributed by atoms with Gasteiger partial charge in [0.2, 0.25) is 12.3 Å². The number of phenols is 1. The number of carbonyl (C=O) groups excluding carboxylic acids is 3. The first-order valence-electron chi connectivity index (χ1n) is 17.2. The molecule has 3 amide bonds. The molecule has 254 valence electrons. The van der Waals surface area contributed by atoms with Gasteiger partial charge in [-0.1, -0.05) is 76.1 Å². The summed E-state index contributed by atoms with van der Waals surface area (Å²) in [4.78, 5) is 38.3. The van der Waals surface area contributed by atoms with Crippen LogP contribution in [0.15, 0.2) is 54.1 Å². The smallest absolute Gasteiger partial charge is 0.251 e. The van der Waals surface area contributed by atoms with Gasteiger partial charge in [-0.05, 0) is 113 Å². The first kappa shape index (κ1) is 38.6. The van der Waals surface area contributed by atoms with E-state index in [0.29, 0.717) is 22.6 Å². The number of hydrogen-bond acceptors (Lipinski definition) is 4. The van der Waals surface area contributed by atoms with Crippen molar-refractivity contribution in [2.24, 2.45) is 11.8 Å². The molecule has 1 aliphatic heterocycles. The fraction of sp³-hybridized carbons (Fsp3) is 0.564. The summed E-state index contributed by atoms with van der Waals surface area (Å²) in [6, 6.07) is 13.9. The van der Waals surface area contributed by atoms with Gasteiger partial charge in [0.15, 0.2) is 0 Å². The van der Waals surface area contributed by atoms with Crippen molar-refractivity contribution in [2.45, 2.75) is 125 Å². The first-order chi connectivity index (χ1) is 21.9. The third-order valence-corrected chi connectivity index (χ3v) is 9.06. The van der Waals surface area contributed by atoms with Crippen molar-refractivity contribution in [3.63, 3.8) is 0 Å². The molecule has 4 atom stereocenters. The van der Waals surface area contributed by atoms with Gasteiger partial charge in [-0.15, -0.1) is 0 Å². The summed E-state index contributed by atoms with van der Waals surface area (Å²) in [5.41, 5.74) is 4.54. The van der Waals surface area contributed by atoms with E-state index in [4.69, 9.17) is 0 Å². The highest BCUT2D eigenvalue weighted by atomic mass is 16.3. The van der Waals surface area contributed by atoms with Crippen LogP contribution in [0.4, 0.5) is 0 Å². The first-order valence-corrected chi connectivity index (χ1v) is 17.2. The summed E-state index contributed by atoms with van der Waals surface area (Å²) in [5.74, 6) is 0.466. The molecule has 1 saturated heterocycles. The maximum absolute atomic E-state index is 12.8. The lowest BCUT2D eigenvalue weighted by Crippen LogP contribution is -2.52. The van der Waals surface area contributed by atoms with Crippen LogP contribution >= 0.6 is 0 Å². The summed E-state index contributed by atoms with van der Waals surface area (Å²) in [6.45, 7) is 16.8. The quantitative estimate of drug-likeness (QED) is 0.138. The van der Waals surface area contributed by atoms with Crippen LogP contribution in [0.3, 0.4) is 0 Å². The maximum atomic E-state index is 12.8. The molecule has 46 heavy (non-hydrogen) atoms. The van der Waals surface area contributed by atoms with Crippen LogP contribution in [0.5, 0.6) is 5.75 Å². The molecule has 0 aliphatic carbocycles. The molecule has 0 saturated carbocycles. The summed E-state index contributed by atoms with van der Waals surface area (Å²) in [5, 5.41) is 15.8. The Morgan fingerprint density at radius 3 is 2.24 bits per heavy atom. The highest BCUT2D eigenvalue weighted by molar-refractivity contribution is 5.98. The molecule has 0 radical (unpaired) electrons. The predicted molar refractivity (Wildman–Crippen MR) is 189 cm³/mol. The fourth-order valence-electron chi connectivity index (χ4n) is 6.41. The van der Waals surface area contributed by atoms with Crippen molar-refractivity contribution in [3.8, 4) is 5.75 Å². The average molecular weight is 634 g/mol. The molecule has 1 fully saturated rings. The van der Waals surface area contributed by atoms with Crippen LogP contribution in [0.2, 0.25) is 0 Å². The van der Waals surface area contributed by atoms with Gasteiger partial charge in [0.25, 0.3) is 5.91 Å². The van der Waals surface area contributed by atoms with Gasteiger partial charge in [0.1, 0.15) is 11.8 Å². The second kappa shape index (κ2) is 19.8. The van der Waals surface area contributed by atoms with Gasteiger partial charge in [-0.25, -0.2) is 0 Å². The summed E-state index contributed by atoms with van der Waals surface area (Å²) >= 11 is 0. The van der Waals surface area contributed by atoms with E-state index in [2.05, 4.69) is 74.7 Å². The number of aryl methyl sites for hydroxylation is 3. The number of nitrogens with one attached hydrogen (secondary N) is 2. The number of likely N-dealkylation sites (tertiary alicyclic amines) is 1. The monoisotopic (exact) mass is 633 g/mol. The van der Waals surface area contributed by atoms with Crippen LogP contribution in [0.25, 0.3) is 0 Å². The molecule has 0 spiro atoms. The number of rotatable bonds is 15. The van der Waals surface area contributed by atoms with Gasteiger partial charge in [0.05, 0.1) is 0 Å². The molecule has 1 aliphatic rings. The predicted octanol–water partition coefficient (Wildman–Crippen LogP) is 7.67. The number of hydrogen-bond donors (Lipinski definition) is 3. The van der Waals surface area contributed by atoms with Crippen LogP contribution < -0.4 is 10.6 Å². The van der Waals surface area contributed by atoms with Crippen LogP contribution in [0, 0.1) is 25.7 Å². The Morgan fingerprint density at radius 2 is 1.72 bits per heavy atom. The topological polar surface area (TPSA) is 98.7 Å². The molecule has 0 aromatic heterocycles. The largest absolute Gasteiger partial charge is 0.507 e. The van der Waals surface area contributed by atoms with Crippen molar-refractivity contribution in [2.75, 3.05) is 6.54 Å². The Labute approximate surface area is 278 Å². The minimum Gasteiger partial charge on any atom is -0.507 e. The number of aromatic hydroxyl groups is 1. The van der Waals surface area contributed by atoms with E-state index in [1.54, 1.807) is 26.0 Å². The summed E-state index contributed by atoms with van der Waals surface area (Å²) in [6.07, 6.45) is 11.7. The third kappa shape index (κ3) is 12.0. The Morgan fingerprint density at radius 1 is 1.07 bits per heavy atom. The summed E-state index contributed by atoms with van der Waals surface area (Å²) < 4.78 is 0. The Hall–Kier alpha value is -3.61. The molecule has 7 nitrogen and oxygen atoms in total. The molecular formula is C39H59N3O4. The molecule has 4 unspecified atom stereocenters. The highest BCUT2D eigenvalue weighted by Gasteiger charge is 2.33. The number of phenolic OH excluding ortho intramolecular Hbond substituents is 1. The number of nitrogens with zero attached hydrogens (tertiary/aromatic N) is 1. The fourth-order valence-corrected chi connectivity index (χ4v) is 6.41. The van der Waals surface area contributed by atoms with Gasteiger partial charge < -0.3 is 20.6 Å². The number of allylic oxidation sites excluding steroid dienone is 1. The summed E-state index contributed by atoms with van der Waals surface area (Å²) in [7, 11) is 0. The molecule has 3 rings (SSSR count). The molecule has 1 heterocycles. The Balaban J connectivity index is 0.000000322.